The first-order chi connectivity index (χ1) is 13.9. The van der Waals surface area contributed by atoms with Crippen LogP contribution in [0.3, 0.4) is 0 Å². The summed E-state index contributed by atoms with van der Waals surface area (Å²) in [5, 5.41) is 11.7. The Balaban J connectivity index is 1.42. The number of ether oxygens (including phenoxy) is 2. The lowest BCUT2D eigenvalue weighted by molar-refractivity contribution is -0.181. The van der Waals surface area contributed by atoms with Gasteiger partial charge in [-0.1, -0.05) is 39.0 Å². The molecule has 1 aromatic heterocycles. The number of amides is 1. The number of hydrogen-bond acceptors (Lipinski definition) is 6. The Hall–Kier alpha value is -2.51. The summed E-state index contributed by atoms with van der Waals surface area (Å²) in [7, 11) is 0. The maximum Gasteiger partial charge on any atom is 0.274 e. The van der Waals surface area contributed by atoms with Gasteiger partial charge in [0.15, 0.2) is 17.3 Å². The van der Waals surface area contributed by atoms with Gasteiger partial charge in [-0.05, 0) is 29.2 Å². The predicted octanol–water partition coefficient (Wildman–Crippen LogP) is 3.50. The molecule has 0 bridgehead atoms. The van der Waals surface area contributed by atoms with E-state index in [4.69, 9.17) is 9.47 Å². The van der Waals surface area contributed by atoms with Gasteiger partial charge in [-0.25, -0.2) is 0 Å². The SMILES string of the molecule is CC(C)(C)c1ccccc1Nc1ccc(C(=O)N2CCC3(CC2)OCCO3)nn1. The van der Waals surface area contributed by atoms with E-state index in [9.17, 15) is 4.79 Å². The third-order valence-electron chi connectivity index (χ3n) is 5.51. The first-order valence-electron chi connectivity index (χ1n) is 10.1. The first-order valence-corrected chi connectivity index (χ1v) is 10.1. The summed E-state index contributed by atoms with van der Waals surface area (Å²) in [6.07, 6.45) is 1.38. The zero-order chi connectivity index (χ0) is 20.5. The van der Waals surface area contributed by atoms with Crippen molar-refractivity contribution in [3.05, 3.63) is 47.7 Å². The third-order valence-corrected chi connectivity index (χ3v) is 5.51. The maximum atomic E-state index is 12.8. The number of hydrogen-bond donors (Lipinski definition) is 1. The molecular formula is C22H28N4O3. The van der Waals surface area contributed by atoms with Crippen molar-refractivity contribution in [3.63, 3.8) is 0 Å². The van der Waals surface area contributed by atoms with Gasteiger partial charge < -0.3 is 19.7 Å². The number of aromatic nitrogens is 2. The van der Waals surface area contributed by atoms with Crippen LogP contribution in [0.2, 0.25) is 0 Å². The molecule has 4 rings (SSSR count). The van der Waals surface area contributed by atoms with E-state index in [1.165, 1.54) is 5.56 Å². The molecule has 1 amide bonds. The quantitative estimate of drug-likeness (QED) is 0.856. The summed E-state index contributed by atoms with van der Waals surface area (Å²) in [6, 6.07) is 11.7. The number of nitrogens with one attached hydrogen (secondary N) is 1. The van der Waals surface area contributed by atoms with Crippen LogP contribution in [0.5, 0.6) is 0 Å². The predicted molar refractivity (Wildman–Crippen MR) is 110 cm³/mol. The van der Waals surface area contributed by atoms with E-state index in [2.05, 4.69) is 42.4 Å². The van der Waals surface area contributed by atoms with E-state index in [1.54, 1.807) is 17.0 Å². The molecule has 1 aromatic carbocycles. The molecule has 0 unspecified atom stereocenters. The number of anilines is 2. The molecule has 154 valence electrons. The van der Waals surface area contributed by atoms with Crippen molar-refractivity contribution in [2.75, 3.05) is 31.6 Å². The van der Waals surface area contributed by atoms with Crippen molar-refractivity contribution in [1.82, 2.24) is 15.1 Å². The topological polar surface area (TPSA) is 76.6 Å². The molecule has 0 radical (unpaired) electrons. The number of carbonyl (C=O) groups excluding carboxylic acids is 1. The molecule has 2 aliphatic rings. The van der Waals surface area contributed by atoms with Crippen LogP contribution < -0.4 is 5.32 Å². The maximum absolute atomic E-state index is 12.8. The third kappa shape index (κ3) is 4.26. The molecule has 2 fully saturated rings. The monoisotopic (exact) mass is 396 g/mol. The van der Waals surface area contributed by atoms with Gasteiger partial charge in [0, 0.05) is 31.6 Å². The molecule has 1 spiro atoms. The molecule has 0 saturated carbocycles. The standard InChI is InChI=1S/C22H28N4O3/c1-21(2,3)16-6-4-5-7-17(16)23-19-9-8-18(24-25-19)20(27)26-12-10-22(11-13-26)28-14-15-29-22/h4-9H,10-15H2,1-3H3,(H,23,25). The lowest BCUT2D eigenvalue weighted by Crippen LogP contribution is -2.47. The van der Waals surface area contributed by atoms with E-state index < -0.39 is 5.79 Å². The highest BCUT2D eigenvalue weighted by molar-refractivity contribution is 5.92. The number of benzene rings is 1. The molecule has 0 atom stereocenters. The van der Waals surface area contributed by atoms with E-state index >= 15 is 0 Å². The zero-order valence-electron chi connectivity index (χ0n) is 17.3. The van der Waals surface area contributed by atoms with Gasteiger partial charge in [-0.3, -0.25) is 4.79 Å². The van der Waals surface area contributed by atoms with Crippen molar-refractivity contribution in [3.8, 4) is 0 Å². The smallest absolute Gasteiger partial charge is 0.274 e. The molecule has 1 N–H and O–H groups in total. The second-order valence-electron chi connectivity index (χ2n) is 8.62. The van der Waals surface area contributed by atoms with E-state index in [1.807, 2.05) is 18.2 Å². The Kier molecular flexibility index (Phi) is 5.27. The van der Waals surface area contributed by atoms with Crippen LogP contribution in [0.25, 0.3) is 0 Å². The second kappa shape index (κ2) is 7.72. The summed E-state index contributed by atoms with van der Waals surface area (Å²) in [6.45, 7) is 8.97. The van der Waals surface area contributed by atoms with Crippen molar-refractivity contribution in [1.29, 1.82) is 0 Å². The minimum absolute atomic E-state index is 0.00526. The molecule has 2 saturated heterocycles. The van der Waals surface area contributed by atoms with Gasteiger partial charge in [0.1, 0.15) is 0 Å². The van der Waals surface area contributed by atoms with Crippen molar-refractivity contribution >= 4 is 17.4 Å². The average molecular weight is 396 g/mol. The Labute approximate surface area is 171 Å². The van der Waals surface area contributed by atoms with Crippen LogP contribution in [0.4, 0.5) is 11.5 Å². The lowest BCUT2D eigenvalue weighted by Gasteiger charge is -2.37. The van der Waals surface area contributed by atoms with Gasteiger partial charge in [-0.15, -0.1) is 10.2 Å². The summed E-state index contributed by atoms with van der Waals surface area (Å²) >= 11 is 0. The molecule has 7 nitrogen and oxygen atoms in total. The minimum atomic E-state index is -0.489. The molecule has 29 heavy (non-hydrogen) atoms. The number of carbonyl (C=O) groups is 1. The van der Waals surface area contributed by atoms with E-state index in [-0.39, 0.29) is 11.3 Å². The highest BCUT2D eigenvalue weighted by Gasteiger charge is 2.41. The summed E-state index contributed by atoms with van der Waals surface area (Å²) < 4.78 is 11.4. The van der Waals surface area contributed by atoms with Gasteiger partial charge >= 0.3 is 0 Å². The van der Waals surface area contributed by atoms with Crippen LogP contribution in [-0.4, -0.2) is 53.1 Å². The van der Waals surface area contributed by atoms with Crippen LogP contribution in [0.15, 0.2) is 36.4 Å². The largest absolute Gasteiger partial charge is 0.347 e. The number of para-hydroxylation sites is 1. The molecular weight excluding hydrogens is 368 g/mol. The molecule has 0 aliphatic carbocycles. The number of piperidine rings is 1. The number of nitrogens with zero attached hydrogens (tertiary/aromatic N) is 3. The van der Waals surface area contributed by atoms with E-state index in [0.717, 1.165) is 5.69 Å². The lowest BCUT2D eigenvalue weighted by atomic mass is 9.86. The summed E-state index contributed by atoms with van der Waals surface area (Å²) in [4.78, 5) is 14.6. The summed E-state index contributed by atoms with van der Waals surface area (Å²) in [5.74, 6) is 0.0204. The van der Waals surface area contributed by atoms with Crippen molar-refractivity contribution in [2.24, 2.45) is 0 Å². The van der Waals surface area contributed by atoms with Gasteiger partial charge in [0.2, 0.25) is 0 Å². The Morgan fingerprint density at radius 2 is 1.72 bits per heavy atom. The molecule has 7 heteroatoms. The van der Waals surface area contributed by atoms with Crippen LogP contribution >= 0.6 is 0 Å². The minimum Gasteiger partial charge on any atom is -0.347 e. The molecule has 2 aliphatic heterocycles. The molecule has 3 heterocycles. The number of rotatable bonds is 3. The normalized spacial score (nSPS) is 18.8. The van der Waals surface area contributed by atoms with E-state index in [0.29, 0.717) is 50.7 Å². The first kappa shape index (κ1) is 19.8. The van der Waals surface area contributed by atoms with Crippen LogP contribution in [0.1, 0.15) is 49.7 Å². The fraction of sp³-hybridized carbons (Fsp3) is 0.500. The zero-order valence-corrected chi connectivity index (χ0v) is 17.3. The Morgan fingerprint density at radius 3 is 2.34 bits per heavy atom. The molecule has 2 aromatic rings. The second-order valence-corrected chi connectivity index (χ2v) is 8.62. The summed E-state index contributed by atoms with van der Waals surface area (Å²) in [5.41, 5.74) is 2.54. The highest BCUT2D eigenvalue weighted by Crippen LogP contribution is 2.32. The van der Waals surface area contributed by atoms with Gasteiger partial charge in [0.05, 0.1) is 13.2 Å². The fourth-order valence-corrected chi connectivity index (χ4v) is 3.90. The Bertz CT molecular complexity index is 860. The van der Waals surface area contributed by atoms with Crippen molar-refractivity contribution in [2.45, 2.75) is 44.8 Å². The average Bonchev–Trinajstić information content (AvgIpc) is 3.16. The number of likely N-dealkylation sites (tertiary alicyclic amines) is 1. The van der Waals surface area contributed by atoms with Crippen LogP contribution in [0, 0.1) is 0 Å². The fourth-order valence-electron chi connectivity index (χ4n) is 3.90. The van der Waals surface area contributed by atoms with Gasteiger partial charge in [0.25, 0.3) is 5.91 Å². The Morgan fingerprint density at radius 1 is 1.03 bits per heavy atom. The highest BCUT2D eigenvalue weighted by atomic mass is 16.7. The van der Waals surface area contributed by atoms with Crippen LogP contribution in [-0.2, 0) is 14.9 Å². The van der Waals surface area contributed by atoms with Crippen molar-refractivity contribution < 1.29 is 14.3 Å². The van der Waals surface area contributed by atoms with Gasteiger partial charge in [-0.2, -0.15) is 0 Å².